The number of phenolic OH excluding ortho intramolecular Hbond substituents is 1. The summed E-state index contributed by atoms with van der Waals surface area (Å²) in [5.74, 6) is 1.09. The van der Waals surface area contributed by atoms with Crippen molar-refractivity contribution in [2.45, 2.75) is 0 Å². The summed E-state index contributed by atoms with van der Waals surface area (Å²) in [6.45, 7) is 0. The van der Waals surface area contributed by atoms with E-state index in [1.165, 1.54) is 14.2 Å². The number of phenols is 1. The normalized spacial score (nSPS) is 10.2. The molecule has 0 spiro atoms. The van der Waals surface area contributed by atoms with Crippen LogP contribution in [0.2, 0.25) is 0 Å². The van der Waals surface area contributed by atoms with Crippen molar-refractivity contribution in [2.75, 3.05) is 19.5 Å². The first-order chi connectivity index (χ1) is 11.7. The number of nitrogens with zero attached hydrogens (tertiary/aromatic N) is 2. The Balaban J connectivity index is 2.05. The van der Waals surface area contributed by atoms with Crippen molar-refractivity contribution in [3.8, 4) is 28.6 Å². The SMILES string of the molecule is COc1cc(OC)nc(Nc2c(O)cccc2-c2ccccc2)n1. The molecule has 1 aromatic heterocycles. The second-order valence-electron chi connectivity index (χ2n) is 4.97. The summed E-state index contributed by atoms with van der Waals surface area (Å²) in [7, 11) is 3.03. The maximum absolute atomic E-state index is 10.3. The molecular formula is C18H17N3O3. The van der Waals surface area contributed by atoms with Gasteiger partial charge in [0, 0.05) is 5.56 Å². The van der Waals surface area contributed by atoms with Crippen LogP contribution in [0.1, 0.15) is 0 Å². The molecule has 6 nitrogen and oxygen atoms in total. The van der Waals surface area contributed by atoms with Gasteiger partial charge in [-0.25, -0.2) is 0 Å². The molecule has 0 saturated heterocycles. The number of rotatable bonds is 5. The third-order valence-electron chi connectivity index (χ3n) is 3.46. The number of benzene rings is 2. The maximum Gasteiger partial charge on any atom is 0.233 e. The van der Waals surface area contributed by atoms with Gasteiger partial charge in [-0.3, -0.25) is 0 Å². The number of hydrogen-bond donors (Lipinski definition) is 2. The van der Waals surface area contributed by atoms with Gasteiger partial charge in [0.2, 0.25) is 17.7 Å². The molecule has 0 fully saturated rings. The summed E-state index contributed by atoms with van der Waals surface area (Å²) in [6.07, 6.45) is 0. The Kier molecular flexibility index (Phi) is 4.47. The molecular weight excluding hydrogens is 306 g/mol. The first kappa shape index (κ1) is 15.6. The minimum Gasteiger partial charge on any atom is -0.506 e. The zero-order valence-electron chi connectivity index (χ0n) is 13.4. The minimum atomic E-state index is 0.0988. The standard InChI is InChI=1S/C18H17N3O3/c1-23-15-11-16(24-2)20-18(19-15)21-17-13(9-6-10-14(17)22)12-7-4-3-5-8-12/h3-11,22H,1-2H3,(H,19,20,21). The van der Waals surface area contributed by atoms with Crippen LogP contribution >= 0.6 is 0 Å². The molecule has 1 heterocycles. The van der Waals surface area contributed by atoms with Crippen molar-refractivity contribution < 1.29 is 14.6 Å². The monoisotopic (exact) mass is 323 g/mol. The van der Waals surface area contributed by atoms with E-state index in [1.54, 1.807) is 18.2 Å². The van der Waals surface area contributed by atoms with Gasteiger partial charge in [-0.15, -0.1) is 0 Å². The fraction of sp³-hybridized carbons (Fsp3) is 0.111. The number of para-hydroxylation sites is 1. The highest BCUT2D eigenvalue weighted by molar-refractivity contribution is 5.84. The van der Waals surface area contributed by atoms with E-state index in [0.29, 0.717) is 17.4 Å². The first-order valence-corrected chi connectivity index (χ1v) is 7.32. The predicted molar refractivity (Wildman–Crippen MR) is 92.0 cm³/mol. The lowest BCUT2D eigenvalue weighted by Gasteiger charge is -2.14. The molecule has 2 N–H and O–H groups in total. The second-order valence-corrected chi connectivity index (χ2v) is 4.97. The fourth-order valence-corrected chi connectivity index (χ4v) is 2.31. The minimum absolute atomic E-state index is 0.0988. The number of nitrogens with one attached hydrogen (secondary N) is 1. The molecule has 6 heteroatoms. The number of ether oxygens (including phenoxy) is 2. The largest absolute Gasteiger partial charge is 0.506 e. The van der Waals surface area contributed by atoms with Crippen molar-refractivity contribution in [2.24, 2.45) is 0 Å². The van der Waals surface area contributed by atoms with Gasteiger partial charge in [0.05, 0.1) is 26.0 Å². The van der Waals surface area contributed by atoms with Gasteiger partial charge in [0.25, 0.3) is 0 Å². The van der Waals surface area contributed by atoms with Crippen molar-refractivity contribution >= 4 is 11.6 Å². The number of aromatic hydroxyl groups is 1. The summed E-state index contributed by atoms with van der Waals surface area (Å²) in [5.41, 5.74) is 2.31. The zero-order valence-corrected chi connectivity index (χ0v) is 13.4. The molecule has 0 amide bonds. The summed E-state index contributed by atoms with van der Waals surface area (Å²) < 4.78 is 10.3. The third-order valence-corrected chi connectivity index (χ3v) is 3.46. The molecule has 122 valence electrons. The van der Waals surface area contributed by atoms with E-state index in [1.807, 2.05) is 36.4 Å². The van der Waals surface area contributed by atoms with Crippen LogP contribution in [-0.4, -0.2) is 29.3 Å². The van der Waals surface area contributed by atoms with Crippen LogP contribution < -0.4 is 14.8 Å². The third kappa shape index (κ3) is 3.22. The van der Waals surface area contributed by atoms with Crippen LogP contribution in [-0.2, 0) is 0 Å². The molecule has 0 saturated carbocycles. The van der Waals surface area contributed by atoms with E-state index < -0.39 is 0 Å². The molecule has 0 radical (unpaired) electrons. The summed E-state index contributed by atoms with van der Waals surface area (Å²) in [5, 5.41) is 13.3. The van der Waals surface area contributed by atoms with Crippen LogP contribution in [0.15, 0.2) is 54.6 Å². The van der Waals surface area contributed by atoms with Gasteiger partial charge >= 0.3 is 0 Å². The van der Waals surface area contributed by atoms with E-state index in [0.717, 1.165) is 11.1 Å². The Morgan fingerprint density at radius 3 is 2.17 bits per heavy atom. The Labute approximate surface area is 139 Å². The topological polar surface area (TPSA) is 76.5 Å². The summed E-state index contributed by atoms with van der Waals surface area (Å²) in [4.78, 5) is 8.47. The smallest absolute Gasteiger partial charge is 0.233 e. The molecule has 0 aliphatic heterocycles. The number of aromatic nitrogens is 2. The van der Waals surface area contributed by atoms with Crippen LogP contribution in [0.4, 0.5) is 11.6 Å². The molecule has 3 rings (SSSR count). The molecule has 0 aliphatic rings. The van der Waals surface area contributed by atoms with Crippen molar-refractivity contribution in [3.05, 3.63) is 54.6 Å². The first-order valence-electron chi connectivity index (χ1n) is 7.32. The van der Waals surface area contributed by atoms with E-state index in [4.69, 9.17) is 9.47 Å². The Morgan fingerprint density at radius 1 is 0.875 bits per heavy atom. The second kappa shape index (κ2) is 6.87. The molecule has 24 heavy (non-hydrogen) atoms. The Hall–Kier alpha value is -3.28. The average Bonchev–Trinajstić information content (AvgIpc) is 2.63. The van der Waals surface area contributed by atoms with Gasteiger partial charge in [-0.1, -0.05) is 42.5 Å². The zero-order chi connectivity index (χ0) is 16.9. The van der Waals surface area contributed by atoms with Gasteiger partial charge in [-0.05, 0) is 11.6 Å². The number of hydrogen-bond acceptors (Lipinski definition) is 6. The van der Waals surface area contributed by atoms with Crippen LogP contribution in [0, 0.1) is 0 Å². The molecule has 3 aromatic rings. The highest BCUT2D eigenvalue weighted by Crippen LogP contribution is 2.36. The fourth-order valence-electron chi connectivity index (χ4n) is 2.31. The van der Waals surface area contributed by atoms with Crippen molar-refractivity contribution in [1.82, 2.24) is 9.97 Å². The van der Waals surface area contributed by atoms with E-state index in [9.17, 15) is 5.11 Å². The molecule has 0 bridgehead atoms. The van der Waals surface area contributed by atoms with Gasteiger partial charge < -0.3 is 19.9 Å². The summed E-state index contributed by atoms with van der Waals surface area (Å²) >= 11 is 0. The van der Waals surface area contributed by atoms with Crippen LogP contribution in [0.5, 0.6) is 17.5 Å². The van der Waals surface area contributed by atoms with E-state index in [2.05, 4.69) is 15.3 Å². The highest BCUT2D eigenvalue weighted by atomic mass is 16.5. The molecule has 0 atom stereocenters. The van der Waals surface area contributed by atoms with E-state index in [-0.39, 0.29) is 11.7 Å². The van der Waals surface area contributed by atoms with Crippen LogP contribution in [0.3, 0.4) is 0 Å². The van der Waals surface area contributed by atoms with Crippen molar-refractivity contribution in [1.29, 1.82) is 0 Å². The quantitative estimate of drug-likeness (QED) is 0.699. The van der Waals surface area contributed by atoms with Gasteiger partial charge in [0.1, 0.15) is 5.75 Å². The highest BCUT2D eigenvalue weighted by Gasteiger charge is 2.13. The maximum atomic E-state index is 10.3. The Bertz CT molecular complexity index is 816. The number of anilines is 2. The Morgan fingerprint density at radius 2 is 1.54 bits per heavy atom. The molecule has 2 aromatic carbocycles. The lowest BCUT2D eigenvalue weighted by Crippen LogP contribution is -2.02. The summed E-state index contributed by atoms with van der Waals surface area (Å²) in [6, 6.07) is 16.6. The van der Waals surface area contributed by atoms with Crippen LogP contribution in [0.25, 0.3) is 11.1 Å². The average molecular weight is 323 g/mol. The lowest BCUT2D eigenvalue weighted by molar-refractivity contribution is 0.373. The van der Waals surface area contributed by atoms with E-state index >= 15 is 0 Å². The van der Waals surface area contributed by atoms with Gasteiger partial charge in [-0.2, -0.15) is 9.97 Å². The van der Waals surface area contributed by atoms with Crippen molar-refractivity contribution in [3.63, 3.8) is 0 Å². The molecule has 0 aliphatic carbocycles. The number of methoxy groups -OCH3 is 2. The predicted octanol–water partition coefficient (Wildman–Crippen LogP) is 3.61. The lowest BCUT2D eigenvalue weighted by atomic mass is 10.0. The molecule has 0 unspecified atom stereocenters. The van der Waals surface area contributed by atoms with Gasteiger partial charge in [0.15, 0.2) is 0 Å².